The number of nitrogens with zero attached hydrogens (tertiary/aromatic N) is 1. The average molecular weight is 320 g/mol. The summed E-state index contributed by atoms with van der Waals surface area (Å²) < 4.78 is 5.27. The summed E-state index contributed by atoms with van der Waals surface area (Å²) in [5.74, 6) is 0.352. The second-order valence-electron chi connectivity index (χ2n) is 5.78. The molecule has 0 atom stereocenters. The summed E-state index contributed by atoms with van der Waals surface area (Å²) in [4.78, 5) is 29.3. The molecule has 1 N–H and O–H groups in total. The molecule has 1 aliphatic rings. The number of amides is 2. The quantitative estimate of drug-likeness (QED) is 0.752. The third-order valence-electron chi connectivity index (χ3n) is 4.46. The van der Waals surface area contributed by atoms with Crippen molar-refractivity contribution in [1.29, 1.82) is 0 Å². The second-order valence-corrected chi connectivity index (χ2v) is 5.78. The number of benzene rings is 2. The van der Waals surface area contributed by atoms with Crippen molar-refractivity contribution >= 4 is 22.7 Å². The summed E-state index contributed by atoms with van der Waals surface area (Å²) in [5.41, 5.74) is 3.04. The Balaban J connectivity index is 1.58. The number of ether oxygens (including phenoxy) is 1. The first-order valence-corrected chi connectivity index (χ1v) is 7.78. The first kappa shape index (κ1) is 14.5. The van der Waals surface area contributed by atoms with Crippen LogP contribution in [-0.2, 0) is 6.42 Å². The van der Waals surface area contributed by atoms with E-state index in [1.54, 1.807) is 31.4 Å². The van der Waals surface area contributed by atoms with Crippen molar-refractivity contribution in [2.45, 2.75) is 6.42 Å². The standard InChI is InChI=1S/C19H16N2O3/c1-24-13-6-7-17-16(10-13)12(11-20-17)8-9-21-18(22)14-4-2-3-5-15(14)19(21)23/h2-7,10-11,20H,8-9H2,1H3. The zero-order chi connectivity index (χ0) is 16.7. The normalized spacial score (nSPS) is 13.6. The van der Waals surface area contributed by atoms with Crippen LogP contribution in [0.4, 0.5) is 0 Å². The number of aromatic nitrogens is 1. The number of hydrogen-bond acceptors (Lipinski definition) is 3. The molecule has 0 saturated carbocycles. The van der Waals surface area contributed by atoms with Gasteiger partial charge in [-0.05, 0) is 42.3 Å². The Morgan fingerprint density at radius 3 is 2.42 bits per heavy atom. The number of methoxy groups -OCH3 is 1. The van der Waals surface area contributed by atoms with Crippen LogP contribution in [0.5, 0.6) is 5.75 Å². The molecule has 4 rings (SSSR count). The number of fused-ring (bicyclic) bond motifs is 2. The maximum Gasteiger partial charge on any atom is 0.261 e. The van der Waals surface area contributed by atoms with Gasteiger partial charge in [0, 0.05) is 23.6 Å². The minimum Gasteiger partial charge on any atom is -0.497 e. The lowest BCUT2D eigenvalue weighted by molar-refractivity contribution is 0.0656. The van der Waals surface area contributed by atoms with Gasteiger partial charge >= 0.3 is 0 Å². The van der Waals surface area contributed by atoms with E-state index in [0.29, 0.717) is 24.1 Å². The highest BCUT2D eigenvalue weighted by atomic mass is 16.5. The van der Waals surface area contributed by atoms with Gasteiger partial charge in [-0.25, -0.2) is 0 Å². The molecule has 0 saturated heterocycles. The van der Waals surface area contributed by atoms with Crippen LogP contribution in [0.3, 0.4) is 0 Å². The van der Waals surface area contributed by atoms with Crippen molar-refractivity contribution in [2.75, 3.05) is 13.7 Å². The number of H-pyrrole nitrogens is 1. The molecule has 1 aromatic heterocycles. The molecule has 0 aliphatic carbocycles. The maximum atomic E-state index is 12.4. The highest BCUT2D eigenvalue weighted by molar-refractivity contribution is 6.21. The predicted octanol–water partition coefficient (Wildman–Crippen LogP) is 3.02. The van der Waals surface area contributed by atoms with E-state index in [9.17, 15) is 9.59 Å². The molecule has 1 aliphatic heterocycles. The number of rotatable bonds is 4. The van der Waals surface area contributed by atoms with Crippen LogP contribution in [0.2, 0.25) is 0 Å². The number of imide groups is 1. The molecule has 0 spiro atoms. The van der Waals surface area contributed by atoms with E-state index in [1.807, 2.05) is 24.4 Å². The minimum atomic E-state index is -0.215. The fourth-order valence-electron chi connectivity index (χ4n) is 3.17. The lowest BCUT2D eigenvalue weighted by Gasteiger charge is -2.13. The number of nitrogens with one attached hydrogen (secondary N) is 1. The number of aromatic amines is 1. The molecule has 5 nitrogen and oxygen atoms in total. The minimum absolute atomic E-state index is 0.215. The SMILES string of the molecule is COc1ccc2[nH]cc(CCN3C(=O)c4ccccc4C3=O)c2c1. The van der Waals surface area contributed by atoms with Crippen LogP contribution >= 0.6 is 0 Å². The molecule has 2 aromatic carbocycles. The maximum absolute atomic E-state index is 12.4. The zero-order valence-corrected chi connectivity index (χ0v) is 13.2. The van der Waals surface area contributed by atoms with Crippen LogP contribution in [0, 0.1) is 0 Å². The van der Waals surface area contributed by atoms with Crippen molar-refractivity contribution in [3.05, 3.63) is 65.4 Å². The summed E-state index contributed by atoms with van der Waals surface area (Å²) >= 11 is 0. The van der Waals surface area contributed by atoms with Crippen molar-refractivity contribution in [1.82, 2.24) is 9.88 Å². The Morgan fingerprint density at radius 2 is 1.75 bits per heavy atom. The summed E-state index contributed by atoms with van der Waals surface area (Å²) in [6.07, 6.45) is 2.51. The highest BCUT2D eigenvalue weighted by Crippen LogP contribution is 2.26. The molecule has 0 unspecified atom stereocenters. The van der Waals surface area contributed by atoms with E-state index in [1.165, 1.54) is 4.90 Å². The molecule has 2 amide bonds. The van der Waals surface area contributed by atoms with Crippen molar-refractivity contribution in [3.8, 4) is 5.75 Å². The number of hydrogen-bond donors (Lipinski definition) is 1. The lowest BCUT2D eigenvalue weighted by Crippen LogP contribution is -2.31. The van der Waals surface area contributed by atoms with Gasteiger partial charge in [-0.3, -0.25) is 14.5 Å². The van der Waals surface area contributed by atoms with Crippen LogP contribution in [-0.4, -0.2) is 35.4 Å². The molecule has 5 heteroatoms. The average Bonchev–Trinajstić information content (AvgIpc) is 3.13. The van der Waals surface area contributed by atoms with Gasteiger partial charge in [0.15, 0.2) is 0 Å². The largest absolute Gasteiger partial charge is 0.497 e. The molecule has 0 fully saturated rings. The van der Waals surface area contributed by atoms with Gasteiger partial charge < -0.3 is 9.72 Å². The molecule has 2 heterocycles. The zero-order valence-electron chi connectivity index (χ0n) is 13.2. The molecular weight excluding hydrogens is 304 g/mol. The van der Waals surface area contributed by atoms with Gasteiger partial charge in [0.25, 0.3) is 11.8 Å². The van der Waals surface area contributed by atoms with E-state index < -0.39 is 0 Å². The number of carbonyl (C=O) groups excluding carboxylic acids is 2. The molecular formula is C19H16N2O3. The van der Waals surface area contributed by atoms with Crippen LogP contribution in [0.1, 0.15) is 26.3 Å². The second kappa shape index (κ2) is 5.53. The molecule has 0 bridgehead atoms. The summed E-state index contributed by atoms with van der Waals surface area (Å²) in [5, 5.41) is 1.05. The molecule has 120 valence electrons. The first-order valence-electron chi connectivity index (χ1n) is 7.78. The van der Waals surface area contributed by atoms with E-state index in [-0.39, 0.29) is 11.8 Å². The van der Waals surface area contributed by atoms with Crippen LogP contribution in [0.25, 0.3) is 10.9 Å². The highest BCUT2D eigenvalue weighted by Gasteiger charge is 2.34. The van der Waals surface area contributed by atoms with Gasteiger partial charge in [0.2, 0.25) is 0 Å². The third kappa shape index (κ3) is 2.17. The van der Waals surface area contributed by atoms with E-state index in [4.69, 9.17) is 4.74 Å². The molecule has 24 heavy (non-hydrogen) atoms. The van der Waals surface area contributed by atoms with Crippen molar-refractivity contribution in [3.63, 3.8) is 0 Å². The Kier molecular flexibility index (Phi) is 3.34. The monoisotopic (exact) mass is 320 g/mol. The van der Waals surface area contributed by atoms with Gasteiger partial charge in [0.1, 0.15) is 5.75 Å². The Bertz CT molecular complexity index is 923. The smallest absolute Gasteiger partial charge is 0.261 e. The Labute approximate surface area is 138 Å². The van der Waals surface area contributed by atoms with Gasteiger partial charge in [-0.1, -0.05) is 12.1 Å². The summed E-state index contributed by atoms with van der Waals surface area (Å²) in [6.45, 7) is 0.358. The fraction of sp³-hybridized carbons (Fsp3) is 0.158. The van der Waals surface area contributed by atoms with E-state index in [2.05, 4.69) is 4.98 Å². The summed E-state index contributed by atoms with van der Waals surface area (Å²) in [6, 6.07) is 12.8. The first-order chi connectivity index (χ1) is 11.7. The van der Waals surface area contributed by atoms with Gasteiger partial charge in [-0.2, -0.15) is 0 Å². The fourth-order valence-corrected chi connectivity index (χ4v) is 3.17. The Hall–Kier alpha value is -3.08. The third-order valence-corrected chi connectivity index (χ3v) is 4.46. The van der Waals surface area contributed by atoms with Crippen molar-refractivity contribution < 1.29 is 14.3 Å². The van der Waals surface area contributed by atoms with Gasteiger partial charge in [-0.15, -0.1) is 0 Å². The predicted molar refractivity (Wildman–Crippen MR) is 90.4 cm³/mol. The number of carbonyl (C=O) groups is 2. The van der Waals surface area contributed by atoms with E-state index >= 15 is 0 Å². The van der Waals surface area contributed by atoms with Crippen LogP contribution in [0.15, 0.2) is 48.7 Å². The van der Waals surface area contributed by atoms with Gasteiger partial charge in [0.05, 0.1) is 18.2 Å². The van der Waals surface area contributed by atoms with Crippen molar-refractivity contribution in [2.24, 2.45) is 0 Å². The summed E-state index contributed by atoms with van der Waals surface area (Å²) in [7, 11) is 1.63. The molecule has 0 radical (unpaired) electrons. The lowest BCUT2D eigenvalue weighted by atomic mass is 10.1. The topological polar surface area (TPSA) is 62.4 Å². The van der Waals surface area contributed by atoms with Crippen LogP contribution < -0.4 is 4.74 Å². The Morgan fingerprint density at radius 1 is 1.04 bits per heavy atom. The van der Waals surface area contributed by atoms with E-state index in [0.717, 1.165) is 22.2 Å². The molecule has 3 aromatic rings.